The maximum Gasteiger partial charge on any atom is -0.0248 e. The summed E-state index contributed by atoms with van der Waals surface area (Å²) < 4.78 is 0. The van der Waals surface area contributed by atoms with E-state index < -0.39 is 0 Å². The molecule has 0 nitrogen and oxygen atoms in total. The molecule has 0 atom stereocenters. The van der Waals surface area contributed by atoms with Gasteiger partial charge in [0.25, 0.3) is 0 Å². The lowest BCUT2D eigenvalue weighted by Crippen LogP contribution is -2.11. The SMILES string of the molecule is CC(C)Cc1ccccc1CC1CCCCC1. The molecule has 0 heteroatoms. The van der Waals surface area contributed by atoms with Gasteiger partial charge in [0.2, 0.25) is 0 Å². The summed E-state index contributed by atoms with van der Waals surface area (Å²) in [5.74, 6) is 1.72. The normalized spacial score (nSPS) is 17.6. The van der Waals surface area contributed by atoms with Crippen molar-refractivity contribution in [3.8, 4) is 0 Å². The predicted molar refractivity (Wildman–Crippen MR) is 75.3 cm³/mol. The van der Waals surface area contributed by atoms with Crippen molar-refractivity contribution in [3.05, 3.63) is 35.4 Å². The monoisotopic (exact) mass is 230 g/mol. The molecule has 1 fully saturated rings. The van der Waals surface area contributed by atoms with Crippen molar-refractivity contribution in [2.75, 3.05) is 0 Å². The molecule has 1 aliphatic rings. The van der Waals surface area contributed by atoms with Gasteiger partial charge in [-0.1, -0.05) is 70.2 Å². The van der Waals surface area contributed by atoms with Gasteiger partial charge >= 0.3 is 0 Å². The van der Waals surface area contributed by atoms with E-state index in [2.05, 4.69) is 38.1 Å². The van der Waals surface area contributed by atoms with E-state index in [9.17, 15) is 0 Å². The molecule has 17 heavy (non-hydrogen) atoms. The van der Waals surface area contributed by atoms with Crippen molar-refractivity contribution in [3.63, 3.8) is 0 Å². The average Bonchev–Trinajstić information content (AvgIpc) is 2.32. The molecule has 2 rings (SSSR count). The van der Waals surface area contributed by atoms with Crippen LogP contribution in [-0.2, 0) is 12.8 Å². The van der Waals surface area contributed by atoms with Crippen LogP contribution in [0.25, 0.3) is 0 Å². The molecule has 94 valence electrons. The van der Waals surface area contributed by atoms with Crippen LogP contribution in [-0.4, -0.2) is 0 Å². The molecule has 0 saturated heterocycles. The maximum absolute atomic E-state index is 2.35. The zero-order valence-corrected chi connectivity index (χ0v) is 11.4. The van der Waals surface area contributed by atoms with E-state index in [4.69, 9.17) is 0 Å². The van der Waals surface area contributed by atoms with Crippen molar-refractivity contribution >= 4 is 0 Å². The Labute approximate surface area is 106 Å². The van der Waals surface area contributed by atoms with Crippen LogP contribution in [0.15, 0.2) is 24.3 Å². The molecule has 0 heterocycles. The van der Waals surface area contributed by atoms with Gasteiger partial charge in [0.05, 0.1) is 0 Å². The van der Waals surface area contributed by atoms with Gasteiger partial charge in [0.1, 0.15) is 0 Å². The Morgan fingerprint density at radius 1 is 1.00 bits per heavy atom. The summed E-state index contributed by atoms with van der Waals surface area (Å²) in [6.07, 6.45) is 9.84. The molecule has 0 unspecified atom stereocenters. The van der Waals surface area contributed by atoms with E-state index in [0.29, 0.717) is 0 Å². The Balaban J connectivity index is 2.03. The molecule has 1 aromatic rings. The fourth-order valence-corrected chi connectivity index (χ4v) is 3.10. The first kappa shape index (κ1) is 12.7. The van der Waals surface area contributed by atoms with Gasteiger partial charge in [0, 0.05) is 0 Å². The van der Waals surface area contributed by atoms with E-state index in [1.165, 1.54) is 44.9 Å². The topological polar surface area (TPSA) is 0 Å². The van der Waals surface area contributed by atoms with E-state index in [-0.39, 0.29) is 0 Å². The minimum absolute atomic E-state index is 0.766. The first-order chi connectivity index (χ1) is 8.25. The summed E-state index contributed by atoms with van der Waals surface area (Å²) in [6.45, 7) is 4.63. The largest absolute Gasteiger partial charge is 0.0625 e. The highest BCUT2D eigenvalue weighted by atomic mass is 14.2. The first-order valence-electron chi connectivity index (χ1n) is 7.32. The zero-order valence-electron chi connectivity index (χ0n) is 11.4. The number of rotatable bonds is 4. The summed E-state index contributed by atoms with van der Waals surface area (Å²) in [7, 11) is 0. The molecule has 1 aliphatic carbocycles. The smallest absolute Gasteiger partial charge is 0.0248 e. The van der Waals surface area contributed by atoms with Crippen LogP contribution in [0.4, 0.5) is 0 Å². The van der Waals surface area contributed by atoms with Crippen LogP contribution in [0.5, 0.6) is 0 Å². The third-order valence-corrected chi connectivity index (χ3v) is 3.98. The molecule has 1 saturated carbocycles. The third-order valence-electron chi connectivity index (χ3n) is 3.98. The Morgan fingerprint density at radius 3 is 2.29 bits per heavy atom. The van der Waals surface area contributed by atoms with Crippen LogP contribution in [0.3, 0.4) is 0 Å². The van der Waals surface area contributed by atoms with Gasteiger partial charge in [0.15, 0.2) is 0 Å². The number of benzene rings is 1. The fraction of sp³-hybridized carbons (Fsp3) is 0.647. The Hall–Kier alpha value is -0.780. The maximum atomic E-state index is 2.35. The molecule has 0 N–H and O–H groups in total. The Bertz CT molecular complexity index is 332. The Morgan fingerprint density at radius 2 is 1.65 bits per heavy atom. The standard InChI is InChI=1S/C17H26/c1-14(2)12-16-10-6-7-11-17(16)13-15-8-4-3-5-9-15/h6-7,10-11,14-15H,3-5,8-9,12-13H2,1-2H3. The molecule has 0 radical (unpaired) electrons. The van der Waals surface area contributed by atoms with Crippen LogP contribution in [0.2, 0.25) is 0 Å². The predicted octanol–water partition coefficient (Wildman–Crippen LogP) is 5.01. The summed E-state index contributed by atoms with van der Waals surface area (Å²) in [5.41, 5.74) is 3.21. The highest BCUT2D eigenvalue weighted by molar-refractivity contribution is 5.28. The van der Waals surface area contributed by atoms with E-state index in [1.807, 2.05) is 0 Å². The highest BCUT2D eigenvalue weighted by Gasteiger charge is 2.15. The second kappa shape index (κ2) is 6.23. The average molecular weight is 230 g/mol. The lowest BCUT2D eigenvalue weighted by Gasteiger charge is -2.23. The summed E-state index contributed by atoms with van der Waals surface area (Å²) in [4.78, 5) is 0. The van der Waals surface area contributed by atoms with Crippen LogP contribution in [0, 0.1) is 11.8 Å². The molecular weight excluding hydrogens is 204 g/mol. The van der Waals surface area contributed by atoms with Crippen LogP contribution in [0.1, 0.15) is 57.1 Å². The van der Waals surface area contributed by atoms with Gasteiger partial charge in [-0.15, -0.1) is 0 Å². The Kier molecular flexibility index (Phi) is 4.65. The van der Waals surface area contributed by atoms with E-state index >= 15 is 0 Å². The van der Waals surface area contributed by atoms with E-state index in [1.54, 1.807) is 11.1 Å². The third kappa shape index (κ3) is 3.87. The quantitative estimate of drug-likeness (QED) is 0.682. The van der Waals surface area contributed by atoms with Gasteiger partial charge in [-0.2, -0.15) is 0 Å². The molecule has 1 aromatic carbocycles. The summed E-state index contributed by atoms with van der Waals surface area (Å²) in [5, 5.41) is 0. The molecule has 0 spiro atoms. The van der Waals surface area contributed by atoms with Crippen molar-refractivity contribution in [1.82, 2.24) is 0 Å². The molecule has 0 aromatic heterocycles. The summed E-state index contributed by atoms with van der Waals surface area (Å²) in [6, 6.07) is 9.09. The van der Waals surface area contributed by atoms with Crippen molar-refractivity contribution < 1.29 is 0 Å². The van der Waals surface area contributed by atoms with Gasteiger partial charge in [-0.25, -0.2) is 0 Å². The lowest BCUT2D eigenvalue weighted by molar-refractivity contribution is 0.356. The molecular formula is C17H26. The highest BCUT2D eigenvalue weighted by Crippen LogP contribution is 2.28. The van der Waals surface area contributed by atoms with Gasteiger partial charge < -0.3 is 0 Å². The second-order valence-corrected chi connectivity index (χ2v) is 6.07. The van der Waals surface area contributed by atoms with Gasteiger partial charge in [-0.05, 0) is 35.8 Å². The van der Waals surface area contributed by atoms with Crippen molar-refractivity contribution in [2.45, 2.75) is 58.8 Å². The number of hydrogen-bond acceptors (Lipinski definition) is 0. The van der Waals surface area contributed by atoms with E-state index in [0.717, 1.165) is 11.8 Å². The minimum atomic E-state index is 0.766. The fourth-order valence-electron chi connectivity index (χ4n) is 3.10. The van der Waals surface area contributed by atoms with Gasteiger partial charge in [-0.3, -0.25) is 0 Å². The molecule has 0 bridgehead atoms. The molecule has 0 amide bonds. The number of hydrogen-bond donors (Lipinski definition) is 0. The zero-order chi connectivity index (χ0) is 12.1. The van der Waals surface area contributed by atoms with Crippen LogP contribution < -0.4 is 0 Å². The van der Waals surface area contributed by atoms with Crippen molar-refractivity contribution in [2.24, 2.45) is 11.8 Å². The second-order valence-electron chi connectivity index (χ2n) is 6.07. The van der Waals surface area contributed by atoms with Crippen LogP contribution >= 0.6 is 0 Å². The summed E-state index contributed by atoms with van der Waals surface area (Å²) >= 11 is 0. The van der Waals surface area contributed by atoms with Crippen molar-refractivity contribution in [1.29, 1.82) is 0 Å². The lowest BCUT2D eigenvalue weighted by atomic mass is 9.83. The molecule has 0 aliphatic heterocycles. The first-order valence-corrected chi connectivity index (χ1v) is 7.32. The minimum Gasteiger partial charge on any atom is -0.0625 e.